The van der Waals surface area contributed by atoms with Gasteiger partial charge in [0.05, 0.1) is 17.1 Å². The number of rotatable bonds is 11. The van der Waals surface area contributed by atoms with E-state index in [0.717, 1.165) is 85.1 Å². The zero-order valence-corrected chi connectivity index (χ0v) is 51.9. The Hall–Kier alpha value is -11.4. The van der Waals surface area contributed by atoms with Crippen molar-refractivity contribution >= 4 is 143 Å². The van der Waals surface area contributed by atoms with Crippen LogP contribution < -0.4 is 57.3 Å². The molecule has 0 atom stereocenters. The number of para-hydroxylation sites is 9. The average Bonchev–Trinajstić information content (AvgIpc) is 0.693. The number of hydrogen-bond acceptors (Lipinski definition) is 6. The highest BCUT2D eigenvalue weighted by Gasteiger charge is 2.48. The van der Waals surface area contributed by atoms with E-state index in [1.165, 1.54) is 70.6 Å². The first-order valence-electron chi connectivity index (χ1n) is 32.1. The molecule has 0 unspecified atom stereocenters. The van der Waals surface area contributed by atoms with Gasteiger partial charge in [-0.25, -0.2) is 0 Å². The SMILES string of the molecule is Cc1ccccc1N1c2cc3c(cc2B2c4ccccc4N(c4ccccc4)c4cc(N(c5ccccc5)c5ccccc5)cc1c42)B1c2ccccc2N(c2ccccc2-c2ccccc2)c2cc(N(c4ccccc4)c4ccccc4-c4ccccc4)cc(c21)S3. The average molecular weight is 1200 g/mol. The van der Waals surface area contributed by atoms with Gasteiger partial charge in [0.2, 0.25) is 6.71 Å². The molecule has 4 aliphatic rings. The molecule has 0 aliphatic carbocycles. The highest BCUT2D eigenvalue weighted by atomic mass is 32.2. The molecule has 0 N–H and O–H groups in total. The summed E-state index contributed by atoms with van der Waals surface area (Å²) in [6, 6.07) is 126. The van der Waals surface area contributed by atoms with Crippen LogP contribution in [0, 0.1) is 6.92 Å². The van der Waals surface area contributed by atoms with Crippen molar-refractivity contribution in [2.24, 2.45) is 0 Å². The topological polar surface area (TPSA) is 16.2 Å². The zero-order chi connectivity index (χ0) is 61.5. The fourth-order valence-electron chi connectivity index (χ4n) is 15.2. The summed E-state index contributed by atoms with van der Waals surface area (Å²) in [5, 5.41) is 0. The molecule has 18 rings (SSSR count). The number of hydrogen-bond donors (Lipinski definition) is 0. The van der Waals surface area contributed by atoms with E-state index in [1.807, 2.05) is 11.8 Å². The van der Waals surface area contributed by atoms with E-state index in [0.29, 0.717) is 0 Å². The third-order valence-corrected chi connectivity index (χ3v) is 20.3. The molecule has 0 saturated carbocycles. The fourth-order valence-corrected chi connectivity index (χ4v) is 16.4. The molecule has 0 amide bonds. The van der Waals surface area contributed by atoms with Crippen LogP contribution in [-0.2, 0) is 0 Å². The highest BCUT2D eigenvalue weighted by molar-refractivity contribution is 8.00. The molecule has 0 fully saturated rings. The van der Waals surface area contributed by atoms with Crippen LogP contribution in [0.4, 0.5) is 85.3 Å². The Balaban J connectivity index is 0.926. The third-order valence-electron chi connectivity index (χ3n) is 19.1. The Kier molecular flexibility index (Phi) is 13.2. The Labute approximate surface area is 548 Å². The van der Waals surface area contributed by atoms with Gasteiger partial charge in [-0.1, -0.05) is 248 Å². The Morgan fingerprint density at radius 2 is 0.699 bits per heavy atom. The summed E-state index contributed by atoms with van der Waals surface area (Å²) in [5.41, 5.74) is 30.4. The van der Waals surface area contributed by atoms with Crippen LogP contribution in [0.2, 0.25) is 0 Å². The summed E-state index contributed by atoms with van der Waals surface area (Å²) in [6.07, 6.45) is 0. The predicted octanol–water partition coefficient (Wildman–Crippen LogP) is 19.1. The van der Waals surface area contributed by atoms with Gasteiger partial charge >= 0.3 is 0 Å². The number of nitrogens with zero attached hydrogens (tertiary/aromatic N) is 5. The quantitative estimate of drug-likeness (QED) is 0.119. The van der Waals surface area contributed by atoms with E-state index >= 15 is 0 Å². The van der Waals surface area contributed by atoms with Gasteiger partial charge in [-0.2, -0.15) is 0 Å². The van der Waals surface area contributed by atoms with Crippen molar-refractivity contribution in [2.75, 3.05) is 24.5 Å². The Morgan fingerprint density at radius 3 is 1.31 bits per heavy atom. The van der Waals surface area contributed by atoms with Gasteiger partial charge in [-0.05, 0) is 160 Å². The molecule has 0 aromatic heterocycles. The monoisotopic (exact) mass is 1200 g/mol. The van der Waals surface area contributed by atoms with Gasteiger partial charge in [0, 0.05) is 89.2 Å². The van der Waals surface area contributed by atoms with Crippen molar-refractivity contribution in [3.05, 3.63) is 345 Å². The summed E-state index contributed by atoms with van der Waals surface area (Å²) in [6.45, 7) is 2.02. The van der Waals surface area contributed by atoms with Gasteiger partial charge in [0.25, 0.3) is 6.71 Å². The largest absolute Gasteiger partial charge is 0.311 e. The minimum absolute atomic E-state index is 0.121. The molecule has 0 radical (unpaired) electrons. The lowest BCUT2D eigenvalue weighted by molar-refractivity contribution is 1.21. The van der Waals surface area contributed by atoms with Crippen LogP contribution in [0.1, 0.15) is 5.56 Å². The predicted molar refractivity (Wildman–Crippen MR) is 395 cm³/mol. The second kappa shape index (κ2) is 22.5. The van der Waals surface area contributed by atoms with Crippen molar-refractivity contribution < 1.29 is 0 Å². The van der Waals surface area contributed by atoms with Crippen molar-refractivity contribution in [3.8, 4) is 22.3 Å². The lowest BCUT2D eigenvalue weighted by Crippen LogP contribution is -2.64. The molecule has 0 bridgehead atoms. The summed E-state index contributed by atoms with van der Waals surface area (Å²) < 4.78 is 0. The molecule has 4 aliphatic heterocycles. The standard InChI is InChI=1S/C85H59B2N5S/c1-58-30-20-25-47-73(58)91-78-57-82-72(56-71(78)86-69-45-23-28-50-76(69)90(64-41-18-7-19-42-64)79-52-65(53-80(91)84(79)86)88(61-35-12-4-13-36-61)62-37-14-5-15-38-62)87-70-46-24-29-51-77(70)92(75-49-27-22-44-68(75)60-33-10-3-11-34-60)81-54-66(55-83(93-82)85(81)87)89(63-39-16-6-17-40-63)74-48-26-21-43-67(74)59-31-8-2-9-32-59/h2-57H,1H3. The van der Waals surface area contributed by atoms with E-state index in [-0.39, 0.29) is 13.4 Å². The van der Waals surface area contributed by atoms with Crippen molar-refractivity contribution in [2.45, 2.75) is 16.7 Å². The molecule has 93 heavy (non-hydrogen) atoms. The maximum absolute atomic E-state index is 2.64. The lowest BCUT2D eigenvalue weighted by Gasteiger charge is -2.46. The van der Waals surface area contributed by atoms with Crippen molar-refractivity contribution in [1.82, 2.24) is 0 Å². The van der Waals surface area contributed by atoms with Gasteiger partial charge < -0.3 is 24.5 Å². The number of anilines is 15. The highest BCUT2D eigenvalue weighted by Crippen LogP contribution is 2.53. The summed E-state index contributed by atoms with van der Waals surface area (Å²) >= 11 is 1.92. The first kappa shape index (κ1) is 54.5. The van der Waals surface area contributed by atoms with Crippen molar-refractivity contribution in [3.63, 3.8) is 0 Å². The second-order valence-corrected chi connectivity index (χ2v) is 25.5. The lowest BCUT2D eigenvalue weighted by atomic mass is 9.31. The number of fused-ring (bicyclic) bond motifs is 8. The molecule has 14 aromatic carbocycles. The molecular formula is C85H59B2N5S. The fraction of sp³-hybridized carbons (Fsp3) is 0.0118. The van der Waals surface area contributed by atoms with Crippen molar-refractivity contribution in [1.29, 1.82) is 0 Å². The third kappa shape index (κ3) is 8.96. The van der Waals surface area contributed by atoms with Gasteiger partial charge in [0.1, 0.15) is 0 Å². The van der Waals surface area contributed by atoms with Crippen LogP contribution in [0.25, 0.3) is 22.3 Å². The zero-order valence-electron chi connectivity index (χ0n) is 51.1. The van der Waals surface area contributed by atoms with Gasteiger partial charge in [0.15, 0.2) is 0 Å². The number of benzene rings is 14. The molecule has 8 heteroatoms. The van der Waals surface area contributed by atoms with E-state index in [4.69, 9.17) is 0 Å². The molecule has 436 valence electrons. The van der Waals surface area contributed by atoms with E-state index < -0.39 is 0 Å². The van der Waals surface area contributed by atoms with E-state index in [2.05, 4.69) is 371 Å². The summed E-state index contributed by atoms with van der Waals surface area (Å²) in [7, 11) is 0. The molecule has 0 saturated heterocycles. The number of aryl methyl sites for hydroxylation is 1. The smallest absolute Gasteiger partial charge is 0.252 e. The minimum Gasteiger partial charge on any atom is -0.311 e. The first-order valence-corrected chi connectivity index (χ1v) is 32.9. The van der Waals surface area contributed by atoms with Gasteiger partial charge in [-0.15, -0.1) is 0 Å². The van der Waals surface area contributed by atoms with Crippen LogP contribution in [0.3, 0.4) is 0 Å². The molecule has 4 heterocycles. The van der Waals surface area contributed by atoms with Crippen LogP contribution in [0.5, 0.6) is 0 Å². The van der Waals surface area contributed by atoms with E-state index in [1.54, 1.807) is 0 Å². The van der Waals surface area contributed by atoms with Gasteiger partial charge in [-0.3, -0.25) is 0 Å². The molecule has 14 aromatic rings. The maximum Gasteiger partial charge on any atom is 0.252 e. The second-order valence-electron chi connectivity index (χ2n) is 24.4. The summed E-state index contributed by atoms with van der Waals surface area (Å²) in [4.78, 5) is 15.1. The van der Waals surface area contributed by atoms with Crippen LogP contribution in [0.15, 0.2) is 350 Å². The molecular weight excluding hydrogens is 1140 g/mol. The normalized spacial score (nSPS) is 12.8. The first-order chi connectivity index (χ1) is 46.1. The van der Waals surface area contributed by atoms with Crippen LogP contribution in [-0.4, -0.2) is 13.4 Å². The Morgan fingerprint density at radius 1 is 0.269 bits per heavy atom. The molecule has 0 spiro atoms. The maximum atomic E-state index is 2.64. The minimum atomic E-state index is -0.131. The molecule has 5 nitrogen and oxygen atoms in total. The van der Waals surface area contributed by atoms with E-state index in [9.17, 15) is 0 Å². The summed E-state index contributed by atoms with van der Waals surface area (Å²) in [5.74, 6) is 0. The van der Waals surface area contributed by atoms with Crippen LogP contribution >= 0.6 is 11.8 Å². The Bertz CT molecular complexity index is 5150.